The van der Waals surface area contributed by atoms with Crippen LogP contribution in [0.1, 0.15) is 56.1 Å². The number of likely N-dealkylation sites (tertiary alicyclic amines) is 1. The van der Waals surface area contributed by atoms with Gasteiger partial charge in [-0.2, -0.15) is 0 Å². The van der Waals surface area contributed by atoms with Gasteiger partial charge in [0.2, 0.25) is 0 Å². The van der Waals surface area contributed by atoms with Gasteiger partial charge in [-0.3, -0.25) is 4.79 Å². The molecule has 2 N–H and O–H groups in total. The average Bonchev–Trinajstić information content (AvgIpc) is 2.71. The lowest BCUT2D eigenvalue weighted by Gasteiger charge is -2.22. The molecule has 1 atom stereocenters. The van der Waals surface area contributed by atoms with Gasteiger partial charge in [0.1, 0.15) is 5.82 Å². The molecule has 116 valence electrons. The van der Waals surface area contributed by atoms with E-state index < -0.39 is 0 Å². The van der Waals surface area contributed by atoms with Crippen LogP contribution in [0.5, 0.6) is 0 Å². The van der Waals surface area contributed by atoms with Crippen molar-refractivity contribution in [3.05, 3.63) is 23.4 Å². The first-order valence-corrected chi connectivity index (χ1v) is 8.07. The number of amides is 1. The maximum atomic E-state index is 12.7. The van der Waals surface area contributed by atoms with E-state index in [0.717, 1.165) is 44.0 Å². The summed E-state index contributed by atoms with van der Waals surface area (Å²) in [5.74, 6) is 1.97. The van der Waals surface area contributed by atoms with Gasteiger partial charge in [-0.1, -0.05) is 20.8 Å². The van der Waals surface area contributed by atoms with Crippen molar-refractivity contribution >= 4 is 11.7 Å². The molecule has 1 amide bonds. The molecule has 2 rings (SSSR count). The highest BCUT2D eigenvalue weighted by Crippen LogP contribution is 2.25. The maximum Gasteiger partial charge on any atom is 0.254 e. The lowest BCUT2D eigenvalue weighted by molar-refractivity contribution is 0.0758. The summed E-state index contributed by atoms with van der Waals surface area (Å²) in [5, 5.41) is 0. The predicted octanol–water partition coefficient (Wildman–Crippen LogP) is 3.12. The SMILES string of the molecule is CCc1cc(C(=O)N2CCCC(C(C)C)CC2)cc(N)n1. The first-order valence-electron chi connectivity index (χ1n) is 8.07. The summed E-state index contributed by atoms with van der Waals surface area (Å²) in [7, 11) is 0. The Morgan fingerprint density at radius 2 is 2.14 bits per heavy atom. The second-order valence-electron chi connectivity index (χ2n) is 6.35. The molecular weight excluding hydrogens is 262 g/mol. The number of anilines is 1. The number of pyridine rings is 1. The monoisotopic (exact) mass is 289 g/mol. The van der Waals surface area contributed by atoms with Crippen LogP contribution in [0, 0.1) is 11.8 Å². The number of hydrogen-bond acceptors (Lipinski definition) is 3. The minimum absolute atomic E-state index is 0.100. The van der Waals surface area contributed by atoms with Gasteiger partial charge in [-0.05, 0) is 49.7 Å². The van der Waals surface area contributed by atoms with E-state index in [1.807, 2.05) is 17.9 Å². The van der Waals surface area contributed by atoms with Crippen molar-refractivity contribution in [3.8, 4) is 0 Å². The van der Waals surface area contributed by atoms with E-state index in [1.54, 1.807) is 6.07 Å². The normalized spacial score (nSPS) is 19.6. The number of nitrogens with two attached hydrogens (primary N) is 1. The van der Waals surface area contributed by atoms with Crippen molar-refractivity contribution in [3.63, 3.8) is 0 Å². The number of aromatic nitrogens is 1. The fourth-order valence-electron chi connectivity index (χ4n) is 3.09. The Labute approximate surface area is 127 Å². The van der Waals surface area contributed by atoms with Gasteiger partial charge < -0.3 is 10.6 Å². The van der Waals surface area contributed by atoms with E-state index in [-0.39, 0.29) is 5.91 Å². The summed E-state index contributed by atoms with van der Waals surface area (Å²) in [6.45, 7) is 8.28. The van der Waals surface area contributed by atoms with Gasteiger partial charge in [0, 0.05) is 24.3 Å². The molecular formula is C17H27N3O. The van der Waals surface area contributed by atoms with Crippen LogP contribution in [-0.4, -0.2) is 28.9 Å². The molecule has 0 radical (unpaired) electrons. The third kappa shape index (κ3) is 3.96. The first kappa shape index (κ1) is 15.8. The summed E-state index contributed by atoms with van der Waals surface area (Å²) < 4.78 is 0. The van der Waals surface area contributed by atoms with Crippen molar-refractivity contribution in [2.45, 2.75) is 46.5 Å². The minimum Gasteiger partial charge on any atom is -0.384 e. The summed E-state index contributed by atoms with van der Waals surface area (Å²) in [6.07, 6.45) is 4.21. The zero-order valence-corrected chi connectivity index (χ0v) is 13.4. The smallest absolute Gasteiger partial charge is 0.254 e. The fraction of sp³-hybridized carbons (Fsp3) is 0.647. The molecule has 1 aromatic rings. The van der Waals surface area contributed by atoms with E-state index in [2.05, 4.69) is 18.8 Å². The van der Waals surface area contributed by atoms with Gasteiger partial charge in [0.25, 0.3) is 5.91 Å². The number of nitrogens with zero attached hydrogens (tertiary/aromatic N) is 2. The summed E-state index contributed by atoms with van der Waals surface area (Å²) in [6, 6.07) is 3.58. The zero-order valence-electron chi connectivity index (χ0n) is 13.4. The van der Waals surface area contributed by atoms with E-state index >= 15 is 0 Å². The van der Waals surface area contributed by atoms with Crippen LogP contribution in [0.25, 0.3) is 0 Å². The van der Waals surface area contributed by atoms with Crippen LogP contribution in [-0.2, 0) is 6.42 Å². The lowest BCUT2D eigenvalue weighted by atomic mass is 9.89. The van der Waals surface area contributed by atoms with Crippen molar-refractivity contribution in [1.29, 1.82) is 0 Å². The number of nitrogen functional groups attached to an aromatic ring is 1. The van der Waals surface area contributed by atoms with Gasteiger partial charge in [-0.15, -0.1) is 0 Å². The molecule has 1 aliphatic heterocycles. The van der Waals surface area contributed by atoms with Crippen LogP contribution < -0.4 is 5.73 Å². The Kier molecular flexibility index (Phi) is 5.21. The summed E-state index contributed by atoms with van der Waals surface area (Å²) >= 11 is 0. The number of aryl methyl sites for hydroxylation is 1. The van der Waals surface area contributed by atoms with Crippen LogP contribution in [0.2, 0.25) is 0 Å². The summed E-state index contributed by atoms with van der Waals surface area (Å²) in [5.41, 5.74) is 7.38. The maximum absolute atomic E-state index is 12.7. The van der Waals surface area contributed by atoms with Crippen molar-refractivity contribution < 1.29 is 4.79 Å². The molecule has 1 aliphatic rings. The Morgan fingerprint density at radius 1 is 1.38 bits per heavy atom. The Bertz CT molecular complexity index is 499. The zero-order chi connectivity index (χ0) is 15.4. The quantitative estimate of drug-likeness (QED) is 0.930. The molecule has 0 aliphatic carbocycles. The molecule has 1 aromatic heterocycles. The number of hydrogen-bond donors (Lipinski definition) is 1. The molecule has 1 fully saturated rings. The molecule has 1 saturated heterocycles. The Hall–Kier alpha value is -1.58. The van der Waals surface area contributed by atoms with E-state index in [9.17, 15) is 4.79 Å². The van der Waals surface area contributed by atoms with E-state index in [4.69, 9.17) is 5.73 Å². The van der Waals surface area contributed by atoms with Crippen LogP contribution >= 0.6 is 0 Å². The van der Waals surface area contributed by atoms with E-state index in [0.29, 0.717) is 17.3 Å². The molecule has 4 nitrogen and oxygen atoms in total. The van der Waals surface area contributed by atoms with Gasteiger partial charge in [-0.25, -0.2) is 4.98 Å². The highest BCUT2D eigenvalue weighted by molar-refractivity contribution is 5.95. The third-order valence-electron chi connectivity index (χ3n) is 4.51. The number of carbonyl (C=O) groups excluding carboxylic acids is 1. The minimum atomic E-state index is 0.100. The largest absolute Gasteiger partial charge is 0.384 e. The van der Waals surface area contributed by atoms with E-state index in [1.165, 1.54) is 6.42 Å². The third-order valence-corrected chi connectivity index (χ3v) is 4.51. The van der Waals surface area contributed by atoms with Crippen molar-refractivity contribution in [1.82, 2.24) is 9.88 Å². The van der Waals surface area contributed by atoms with Crippen molar-refractivity contribution in [2.75, 3.05) is 18.8 Å². The second kappa shape index (κ2) is 6.92. The van der Waals surface area contributed by atoms with Gasteiger partial charge in [0.15, 0.2) is 0 Å². The molecule has 0 spiro atoms. The fourth-order valence-corrected chi connectivity index (χ4v) is 3.09. The molecule has 0 saturated carbocycles. The molecule has 0 bridgehead atoms. The molecule has 2 heterocycles. The Balaban J connectivity index is 2.11. The van der Waals surface area contributed by atoms with Crippen LogP contribution in [0.3, 0.4) is 0 Å². The lowest BCUT2D eigenvalue weighted by Crippen LogP contribution is -2.32. The molecule has 4 heteroatoms. The predicted molar refractivity (Wildman–Crippen MR) is 86.1 cm³/mol. The van der Waals surface area contributed by atoms with Crippen LogP contribution in [0.15, 0.2) is 12.1 Å². The summed E-state index contributed by atoms with van der Waals surface area (Å²) in [4.78, 5) is 18.9. The standard InChI is InChI=1S/C17H27N3O/c1-4-15-10-14(11-16(18)19-15)17(21)20-8-5-6-13(7-9-20)12(2)3/h10-13H,4-9H2,1-3H3,(H2,18,19). The average molecular weight is 289 g/mol. The topological polar surface area (TPSA) is 59.2 Å². The van der Waals surface area contributed by atoms with Gasteiger partial charge >= 0.3 is 0 Å². The highest BCUT2D eigenvalue weighted by atomic mass is 16.2. The highest BCUT2D eigenvalue weighted by Gasteiger charge is 2.23. The molecule has 0 aromatic carbocycles. The van der Waals surface area contributed by atoms with Crippen molar-refractivity contribution in [2.24, 2.45) is 11.8 Å². The molecule has 21 heavy (non-hydrogen) atoms. The molecule has 1 unspecified atom stereocenters. The van der Waals surface area contributed by atoms with Gasteiger partial charge in [0.05, 0.1) is 0 Å². The second-order valence-corrected chi connectivity index (χ2v) is 6.35. The first-order chi connectivity index (χ1) is 10.0. The number of carbonyl (C=O) groups is 1. The number of rotatable bonds is 3. The Morgan fingerprint density at radius 3 is 2.81 bits per heavy atom. The van der Waals surface area contributed by atoms with Crippen LogP contribution in [0.4, 0.5) is 5.82 Å².